The van der Waals surface area contributed by atoms with Crippen LogP contribution in [0.4, 0.5) is 5.69 Å². The topological polar surface area (TPSA) is 78.9 Å². The Morgan fingerprint density at radius 2 is 2.12 bits per heavy atom. The number of carbonyl (C=O) groups excluding carboxylic acids is 2. The van der Waals surface area contributed by atoms with E-state index in [2.05, 4.69) is 5.32 Å². The van der Waals surface area contributed by atoms with Gasteiger partial charge in [-0.2, -0.15) is 0 Å². The van der Waals surface area contributed by atoms with Crippen LogP contribution in [0.5, 0.6) is 0 Å². The second-order valence-electron chi connectivity index (χ2n) is 6.73. The van der Waals surface area contributed by atoms with Gasteiger partial charge in [0.05, 0.1) is 6.61 Å². The Hall–Kier alpha value is -2.64. The number of nitrogens with one attached hydrogen (secondary N) is 1. The van der Waals surface area contributed by atoms with Gasteiger partial charge in [-0.05, 0) is 46.8 Å². The molecule has 2 amide bonds. The molecule has 2 aromatic carbocycles. The summed E-state index contributed by atoms with van der Waals surface area (Å²) in [5, 5.41) is 12.6. The molecule has 2 aromatic rings. The summed E-state index contributed by atoms with van der Waals surface area (Å²) in [6, 6.07) is 11.2. The molecule has 0 saturated carbocycles. The fourth-order valence-corrected chi connectivity index (χ4v) is 3.55. The van der Waals surface area contributed by atoms with Gasteiger partial charge >= 0.3 is 7.12 Å². The van der Waals surface area contributed by atoms with Gasteiger partial charge in [0, 0.05) is 31.3 Å². The van der Waals surface area contributed by atoms with Crippen LogP contribution < -0.4 is 10.8 Å². The molecule has 2 aliphatic heterocycles. The van der Waals surface area contributed by atoms with Crippen molar-refractivity contribution in [1.29, 1.82) is 0 Å². The fourth-order valence-electron chi connectivity index (χ4n) is 3.55. The highest BCUT2D eigenvalue weighted by Crippen LogP contribution is 2.24. The lowest BCUT2D eigenvalue weighted by Gasteiger charge is -2.29. The van der Waals surface area contributed by atoms with Crippen LogP contribution in [0.1, 0.15) is 34.0 Å². The van der Waals surface area contributed by atoms with Crippen molar-refractivity contribution >= 4 is 30.1 Å². The Morgan fingerprint density at radius 3 is 2.92 bits per heavy atom. The van der Waals surface area contributed by atoms with Crippen molar-refractivity contribution in [2.75, 3.05) is 11.9 Å². The molecule has 132 valence electrons. The number of fused-ring (bicyclic) bond motifs is 2. The van der Waals surface area contributed by atoms with Gasteiger partial charge in [-0.3, -0.25) is 9.59 Å². The average molecular weight is 350 g/mol. The lowest BCUT2D eigenvalue weighted by molar-refractivity contribution is -0.114. The summed E-state index contributed by atoms with van der Waals surface area (Å²) in [5.41, 5.74) is 5.09. The molecule has 0 aliphatic carbocycles. The first-order valence-electron chi connectivity index (χ1n) is 8.62. The molecule has 0 aromatic heterocycles. The van der Waals surface area contributed by atoms with E-state index in [9.17, 15) is 14.6 Å². The van der Waals surface area contributed by atoms with Crippen molar-refractivity contribution in [3.05, 3.63) is 58.7 Å². The number of hydrogen-bond acceptors (Lipinski definition) is 4. The minimum absolute atomic E-state index is 0.0158. The molecule has 6 nitrogen and oxygen atoms in total. The summed E-state index contributed by atoms with van der Waals surface area (Å²) >= 11 is 0. The average Bonchev–Trinajstić information content (AvgIpc) is 2.98. The highest BCUT2D eigenvalue weighted by atomic mass is 16.5. The lowest BCUT2D eigenvalue weighted by atomic mass is 9.79. The third kappa shape index (κ3) is 3.11. The molecule has 0 saturated heterocycles. The zero-order chi connectivity index (χ0) is 18.3. The van der Waals surface area contributed by atoms with Gasteiger partial charge in [-0.15, -0.1) is 0 Å². The Balaban J connectivity index is 1.53. The van der Waals surface area contributed by atoms with Gasteiger partial charge in [0.2, 0.25) is 5.91 Å². The van der Waals surface area contributed by atoms with Gasteiger partial charge in [-0.25, -0.2) is 0 Å². The number of carbonyl (C=O) groups is 2. The summed E-state index contributed by atoms with van der Waals surface area (Å²) in [6.07, 6.45) is 0.741. The summed E-state index contributed by atoms with van der Waals surface area (Å²) in [5.74, 6) is -0.144. The van der Waals surface area contributed by atoms with Crippen LogP contribution in [0.3, 0.4) is 0 Å². The quantitative estimate of drug-likeness (QED) is 0.812. The SMILES string of the molecule is CC(=O)Nc1ccc2c(c1)CCN(Cc1ccc3c(c1)B(O)OC3)C2=O. The molecular weight excluding hydrogens is 331 g/mol. The third-order valence-electron chi connectivity index (χ3n) is 4.84. The zero-order valence-corrected chi connectivity index (χ0v) is 14.5. The number of hydrogen-bond donors (Lipinski definition) is 2. The maximum absolute atomic E-state index is 12.8. The molecule has 0 fully saturated rings. The fraction of sp³-hybridized carbons (Fsp3) is 0.263. The molecule has 0 atom stereocenters. The Labute approximate surface area is 151 Å². The number of amides is 2. The summed E-state index contributed by atoms with van der Waals surface area (Å²) in [6.45, 7) is 2.99. The molecule has 26 heavy (non-hydrogen) atoms. The second-order valence-corrected chi connectivity index (χ2v) is 6.73. The Morgan fingerprint density at radius 1 is 1.27 bits per heavy atom. The Kier molecular flexibility index (Phi) is 4.26. The maximum Gasteiger partial charge on any atom is 0.491 e. The summed E-state index contributed by atoms with van der Waals surface area (Å²) in [4.78, 5) is 25.8. The van der Waals surface area contributed by atoms with E-state index in [0.29, 0.717) is 30.9 Å². The maximum atomic E-state index is 12.8. The van der Waals surface area contributed by atoms with Crippen molar-refractivity contribution < 1.29 is 19.3 Å². The zero-order valence-electron chi connectivity index (χ0n) is 14.5. The molecule has 0 spiro atoms. The molecule has 4 rings (SSSR count). The smallest absolute Gasteiger partial charge is 0.423 e. The van der Waals surface area contributed by atoms with Crippen LogP contribution in [-0.2, 0) is 29.0 Å². The van der Waals surface area contributed by atoms with E-state index in [1.54, 1.807) is 12.1 Å². The van der Waals surface area contributed by atoms with Crippen molar-refractivity contribution in [3.8, 4) is 0 Å². The van der Waals surface area contributed by atoms with Gasteiger partial charge in [-0.1, -0.05) is 18.2 Å². The highest BCUT2D eigenvalue weighted by molar-refractivity contribution is 6.61. The first-order chi connectivity index (χ1) is 12.5. The molecule has 0 unspecified atom stereocenters. The lowest BCUT2D eigenvalue weighted by Crippen LogP contribution is -2.37. The predicted octanol–water partition coefficient (Wildman–Crippen LogP) is 1.06. The van der Waals surface area contributed by atoms with Crippen LogP contribution in [0.15, 0.2) is 36.4 Å². The van der Waals surface area contributed by atoms with Crippen molar-refractivity contribution in [3.63, 3.8) is 0 Å². The van der Waals surface area contributed by atoms with Crippen molar-refractivity contribution in [1.82, 2.24) is 4.90 Å². The second kappa shape index (κ2) is 6.59. The van der Waals surface area contributed by atoms with Crippen LogP contribution >= 0.6 is 0 Å². The van der Waals surface area contributed by atoms with E-state index in [4.69, 9.17) is 4.65 Å². The van der Waals surface area contributed by atoms with Crippen LogP contribution in [0.25, 0.3) is 0 Å². The first kappa shape index (κ1) is 16.8. The number of rotatable bonds is 3. The van der Waals surface area contributed by atoms with Crippen LogP contribution in [0.2, 0.25) is 0 Å². The van der Waals surface area contributed by atoms with E-state index in [-0.39, 0.29) is 11.8 Å². The molecular formula is C19H19BN2O4. The largest absolute Gasteiger partial charge is 0.491 e. The van der Waals surface area contributed by atoms with Gasteiger partial charge < -0.3 is 19.9 Å². The normalized spacial score (nSPS) is 15.7. The standard InChI is InChI=1S/C19H19BN2O4/c1-12(23)21-16-4-5-17-14(9-16)6-7-22(19(17)24)10-13-2-3-15-11-26-20(25)18(15)8-13/h2-5,8-9,25H,6-7,10-11H2,1H3,(H,21,23). The van der Waals surface area contributed by atoms with Crippen LogP contribution in [0, 0.1) is 0 Å². The molecule has 2 aliphatic rings. The number of benzene rings is 2. The van der Waals surface area contributed by atoms with Gasteiger partial charge in [0.25, 0.3) is 5.91 Å². The molecule has 0 bridgehead atoms. The minimum Gasteiger partial charge on any atom is -0.423 e. The summed E-state index contributed by atoms with van der Waals surface area (Å²) < 4.78 is 5.22. The molecule has 7 heteroatoms. The van der Waals surface area contributed by atoms with Gasteiger partial charge in [0.1, 0.15) is 0 Å². The third-order valence-corrected chi connectivity index (χ3v) is 4.84. The highest BCUT2D eigenvalue weighted by Gasteiger charge is 2.29. The van der Waals surface area contributed by atoms with E-state index >= 15 is 0 Å². The van der Waals surface area contributed by atoms with Crippen LogP contribution in [-0.4, -0.2) is 35.4 Å². The van der Waals surface area contributed by atoms with Crippen molar-refractivity contribution in [2.24, 2.45) is 0 Å². The van der Waals surface area contributed by atoms with Gasteiger partial charge in [0.15, 0.2) is 0 Å². The number of nitrogens with zero attached hydrogens (tertiary/aromatic N) is 1. The monoisotopic (exact) mass is 350 g/mol. The molecule has 0 radical (unpaired) electrons. The van der Waals surface area contributed by atoms with Crippen molar-refractivity contribution in [2.45, 2.75) is 26.5 Å². The first-order valence-corrected chi connectivity index (χ1v) is 8.62. The summed E-state index contributed by atoms with van der Waals surface area (Å²) in [7, 11) is -0.880. The predicted molar refractivity (Wildman–Crippen MR) is 98.0 cm³/mol. The Bertz CT molecular complexity index is 899. The van der Waals surface area contributed by atoms with E-state index in [0.717, 1.165) is 28.6 Å². The minimum atomic E-state index is -0.880. The number of anilines is 1. The van der Waals surface area contributed by atoms with E-state index in [1.807, 2.05) is 29.2 Å². The molecule has 2 N–H and O–H groups in total. The molecule has 2 heterocycles. The van der Waals surface area contributed by atoms with E-state index in [1.165, 1.54) is 6.92 Å². The van der Waals surface area contributed by atoms with E-state index < -0.39 is 7.12 Å².